The molecule has 2 aliphatic rings. The largest absolute Gasteiger partial charge is 0.313 e. The van der Waals surface area contributed by atoms with Gasteiger partial charge in [0.2, 0.25) is 0 Å². The van der Waals surface area contributed by atoms with Crippen molar-refractivity contribution < 1.29 is 0 Å². The first-order valence-corrected chi connectivity index (χ1v) is 6.96. The highest BCUT2D eigenvalue weighted by molar-refractivity contribution is 7.98. The third-order valence-corrected chi connectivity index (χ3v) is 4.21. The molecule has 2 saturated carbocycles. The van der Waals surface area contributed by atoms with Gasteiger partial charge in [-0.15, -0.1) is 0 Å². The van der Waals surface area contributed by atoms with Crippen LogP contribution in [0.2, 0.25) is 0 Å². The molecular formula is C11H21NS. The first-order chi connectivity index (χ1) is 6.35. The molecule has 0 aromatic rings. The van der Waals surface area contributed by atoms with E-state index in [2.05, 4.69) is 11.6 Å². The van der Waals surface area contributed by atoms with Crippen molar-refractivity contribution in [3.63, 3.8) is 0 Å². The summed E-state index contributed by atoms with van der Waals surface area (Å²) in [5.41, 5.74) is 0.714. The lowest BCUT2D eigenvalue weighted by Gasteiger charge is -2.42. The molecule has 13 heavy (non-hydrogen) atoms. The average molecular weight is 199 g/mol. The van der Waals surface area contributed by atoms with Crippen molar-refractivity contribution >= 4 is 11.8 Å². The third-order valence-electron chi connectivity index (χ3n) is 3.59. The Hall–Kier alpha value is 0.310. The third kappa shape index (κ3) is 2.63. The summed E-state index contributed by atoms with van der Waals surface area (Å²) in [5.74, 6) is 1.35. The second-order valence-corrected chi connectivity index (χ2v) is 5.74. The Bertz CT molecular complexity index is 161. The summed E-state index contributed by atoms with van der Waals surface area (Å²) in [7, 11) is 0. The van der Waals surface area contributed by atoms with Crippen molar-refractivity contribution in [3.05, 3.63) is 0 Å². The highest BCUT2D eigenvalue weighted by atomic mass is 32.2. The lowest BCUT2D eigenvalue weighted by atomic mass is 9.67. The summed E-state index contributed by atoms with van der Waals surface area (Å²) in [6, 6.07) is 0.895. The molecule has 0 aliphatic heterocycles. The standard InChI is InChI=1S/C11H21NS/c1-13-8-7-11(5-2-6-11)9-12-10-3-4-10/h10,12H,2-9H2,1H3. The first kappa shape index (κ1) is 9.85. The van der Waals surface area contributed by atoms with Gasteiger partial charge in [-0.3, -0.25) is 0 Å². The molecule has 1 nitrogen and oxygen atoms in total. The van der Waals surface area contributed by atoms with E-state index in [9.17, 15) is 0 Å². The highest BCUT2D eigenvalue weighted by Gasteiger charge is 2.37. The Morgan fingerprint density at radius 3 is 2.62 bits per heavy atom. The molecule has 2 fully saturated rings. The van der Waals surface area contributed by atoms with Gasteiger partial charge < -0.3 is 5.32 Å². The van der Waals surface area contributed by atoms with E-state index in [1.807, 2.05) is 11.8 Å². The fourth-order valence-electron chi connectivity index (χ4n) is 2.16. The van der Waals surface area contributed by atoms with Crippen LogP contribution in [-0.4, -0.2) is 24.6 Å². The number of hydrogen-bond donors (Lipinski definition) is 1. The van der Waals surface area contributed by atoms with Gasteiger partial charge in [-0.05, 0) is 49.5 Å². The maximum atomic E-state index is 3.70. The fourth-order valence-corrected chi connectivity index (χ4v) is 2.80. The summed E-state index contributed by atoms with van der Waals surface area (Å²) >= 11 is 2.00. The van der Waals surface area contributed by atoms with Crippen molar-refractivity contribution in [2.45, 2.75) is 44.6 Å². The molecule has 0 aromatic heterocycles. The van der Waals surface area contributed by atoms with Crippen LogP contribution in [0.3, 0.4) is 0 Å². The molecule has 0 atom stereocenters. The molecule has 2 aliphatic carbocycles. The van der Waals surface area contributed by atoms with Crippen molar-refractivity contribution in [1.82, 2.24) is 5.32 Å². The normalized spacial score (nSPS) is 25.6. The minimum atomic E-state index is 0.714. The summed E-state index contributed by atoms with van der Waals surface area (Å²) in [5, 5.41) is 3.70. The van der Waals surface area contributed by atoms with Gasteiger partial charge in [-0.25, -0.2) is 0 Å². The van der Waals surface area contributed by atoms with Crippen LogP contribution in [0.1, 0.15) is 38.5 Å². The molecule has 76 valence electrons. The predicted octanol–water partition coefficient (Wildman–Crippen LogP) is 2.66. The van der Waals surface area contributed by atoms with Crippen molar-refractivity contribution in [3.8, 4) is 0 Å². The Labute approximate surface area is 86.0 Å². The monoisotopic (exact) mass is 199 g/mol. The maximum Gasteiger partial charge on any atom is 0.00684 e. The van der Waals surface area contributed by atoms with Crippen molar-refractivity contribution in [2.24, 2.45) is 5.41 Å². The number of thioether (sulfide) groups is 1. The summed E-state index contributed by atoms with van der Waals surface area (Å²) in [6.07, 6.45) is 11.0. The van der Waals surface area contributed by atoms with Crippen LogP contribution in [0.4, 0.5) is 0 Å². The zero-order valence-corrected chi connectivity index (χ0v) is 9.46. The van der Waals surface area contributed by atoms with Crippen LogP contribution >= 0.6 is 11.8 Å². The SMILES string of the molecule is CSCCC1(CNC2CC2)CCC1. The molecule has 0 bridgehead atoms. The van der Waals surface area contributed by atoms with Gasteiger partial charge in [0.25, 0.3) is 0 Å². The van der Waals surface area contributed by atoms with Crippen molar-refractivity contribution in [1.29, 1.82) is 0 Å². The molecule has 0 saturated heterocycles. The van der Waals surface area contributed by atoms with E-state index in [0.717, 1.165) is 6.04 Å². The van der Waals surface area contributed by atoms with E-state index in [1.165, 1.54) is 50.8 Å². The van der Waals surface area contributed by atoms with Gasteiger partial charge in [0.1, 0.15) is 0 Å². The van der Waals surface area contributed by atoms with Gasteiger partial charge in [0, 0.05) is 12.6 Å². The second-order valence-electron chi connectivity index (χ2n) is 4.75. The average Bonchev–Trinajstić information content (AvgIpc) is 2.86. The van der Waals surface area contributed by atoms with E-state index in [0.29, 0.717) is 5.41 Å². The summed E-state index contributed by atoms with van der Waals surface area (Å²) in [4.78, 5) is 0. The van der Waals surface area contributed by atoms with Crippen LogP contribution in [0.15, 0.2) is 0 Å². The Morgan fingerprint density at radius 2 is 2.15 bits per heavy atom. The number of rotatable bonds is 6. The van der Waals surface area contributed by atoms with E-state index < -0.39 is 0 Å². The fraction of sp³-hybridized carbons (Fsp3) is 1.00. The first-order valence-electron chi connectivity index (χ1n) is 5.57. The van der Waals surface area contributed by atoms with Gasteiger partial charge in [-0.1, -0.05) is 6.42 Å². The summed E-state index contributed by atoms with van der Waals surface area (Å²) < 4.78 is 0. The zero-order chi connectivity index (χ0) is 9.15. The van der Waals surface area contributed by atoms with E-state index in [1.54, 1.807) is 0 Å². The molecular weight excluding hydrogens is 178 g/mol. The molecule has 0 radical (unpaired) electrons. The molecule has 0 aromatic carbocycles. The van der Waals surface area contributed by atoms with Gasteiger partial charge in [0.05, 0.1) is 0 Å². The molecule has 2 rings (SSSR count). The lowest BCUT2D eigenvalue weighted by molar-refractivity contribution is 0.125. The Balaban J connectivity index is 1.69. The molecule has 1 N–H and O–H groups in total. The number of hydrogen-bond acceptors (Lipinski definition) is 2. The van der Waals surface area contributed by atoms with Crippen LogP contribution in [0, 0.1) is 5.41 Å². The lowest BCUT2D eigenvalue weighted by Crippen LogP contribution is -2.41. The van der Waals surface area contributed by atoms with Crippen molar-refractivity contribution in [2.75, 3.05) is 18.6 Å². The maximum absolute atomic E-state index is 3.70. The molecule has 0 unspecified atom stereocenters. The smallest absolute Gasteiger partial charge is 0.00684 e. The van der Waals surface area contributed by atoms with E-state index >= 15 is 0 Å². The Morgan fingerprint density at radius 1 is 1.38 bits per heavy atom. The predicted molar refractivity (Wildman–Crippen MR) is 60.3 cm³/mol. The minimum Gasteiger partial charge on any atom is -0.313 e. The van der Waals surface area contributed by atoms with Gasteiger partial charge >= 0.3 is 0 Å². The van der Waals surface area contributed by atoms with E-state index in [4.69, 9.17) is 0 Å². The molecule has 0 spiro atoms. The quantitative estimate of drug-likeness (QED) is 0.706. The Kier molecular flexibility index (Phi) is 3.20. The molecule has 0 heterocycles. The van der Waals surface area contributed by atoms with Gasteiger partial charge in [-0.2, -0.15) is 11.8 Å². The van der Waals surface area contributed by atoms with Crippen LogP contribution in [-0.2, 0) is 0 Å². The zero-order valence-electron chi connectivity index (χ0n) is 8.64. The van der Waals surface area contributed by atoms with E-state index in [-0.39, 0.29) is 0 Å². The van der Waals surface area contributed by atoms with Crippen LogP contribution in [0.25, 0.3) is 0 Å². The van der Waals surface area contributed by atoms with Crippen LogP contribution < -0.4 is 5.32 Å². The minimum absolute atomic E-state index is 0.714. The number of nitrogens with one attached hydrogen (secondary N) is 1. The molecule has 2 heteroatoms. The molecule has 0 amide bonds. The topological polar surface area (TPSA) is 12.0 Å². The second kappa shape index (κ2) is 4.22. The summed E-state index contributed by atoms with van der Waals surface area (Å²) in [6.45, 7) is 1.30. The highest BCUT2D eigenvalue weighted by Crippen LogP contribution is 2.44. The van der Waals surface area contributed by atoms with Gasteiger partial charge in [0.15, 0.2) is 0 Å². The van der Waals surface area contributed by atoms with Crippen LogP contribution in [0.5, 0.6) is 0 Å².